The monoisotopic (exact) mass is 273 g/mol. The minimum atomic E-state index is -0.519. The van der Waals surface area contributed by atoms with E-state index in [1.54, 1.807) is 0 Å². The highest BCUT2D eigenvalue weighted by Gasteiger charge is 2.03. The summed E-state index contributed by atoms with van der Waals surface area (Å²) in [4.78, 5) is 31.3. The fraction of sp³-hybridized carbons (Fsp3) is 0.750. The summed E-state index contributed by atoms with van der Waals surface area (Å²) in [5.74, 6) is -0.163. The molecule has 0 spiro atoms. The van der Waals surface area contributed by atoms with Crippen LogP contribution in [0.5, 0.6) is 0 Å². The van der Waals surface area contributed by atoms with Crippen LogP contribution in [0.2, 0.25) is 0 Å². The topological polar surface area (TPSA) is 96.5 Å². The molecule has 0 aliphatic heterocycles. The van der Waals surface area contributed by atoms with Crippen molar-refractivity contribution in [2.45, 2.75) is 44.8 Å². The first-order valence-corrected chi connectivity index (χ1v) is 6.44. The quantitative estimate of drug-likeness (QED) is 0.188. The van der Waals surface area contributed by atoms with Crippen molar-refractivity contribution in [1.29, 1.82) is 0 Å². The predicted molar refractivity (Wildman–Crippen MR) is 69.9 cm³/mol. The second-order valence-corrected chi connectivity index (χ2v) is 4.05. The van der Waals surface area contributed by atoms with Gasteiger partial charge in [0.05, 0.1) is 7.11 Å². The summed E-state index contributed by atoms with van der Waals surface area (Å²) in [5, 5.41) is 7.84. The Kier molecular flexibility index (Phi) is 11.7. The number of unbranched alkanes of at least 4 members (excludes halogenated alkanes) is 4. The van der Waals surface area contributed by atoms with Gasteiger partial charge in [-0.2, -0.15) is 0 Å². The lowest BCUT2D eigenvalue weighted by molar-refractivity contribution is -0.140. The Morgan fingerprint density at radius 2 is 1.63 bits per heavy atom. The summed E-state index contributed by atoms with van der Waals surface area (Å²) in [7, 11) is 1.39. The van der Waals surface area contributed by atoms with Gasteiger partial charge in [0.2, 0.25) is 12.8 Å². The molecule has 0 bridgehead atoms. The number of ether oxygens (including phenoxy) is 1. The molecule has 0 unspecified atom stereocenters. The number of methoxy groups -OCH3 is 1. The van der Waals surface area contributed by atoms with Crippen molar-refractivity contribution in [2.24, 2.45) is 0 Å². The molecule has 0 saturated carbocycles. The highest BCUT2D eigenvalue weighted by molar-refractivity contribution is 5.68. The average Bonchev–Trinajstić information content (AvgIpc) is 2.41. The van der Waals surface area contributed by atoms with E-state index >= 15 is 0 Å². The van der Waals surface area contributed by atoms with Crippen LogP contribution in [-0.4, -0.2) is 38.7 Å². The molecule has 0 rings (SSSR count). The van der Waals surface area contributed by atoms with Crippen molar-refractivity contribution in [3.05, 3.63) is 0 Å². The summed E-state index contributed by atoms with van der Waals surface area (Å²) < 4.78 is 4.55. The standard InChI is InChI=1S/C12H23N3O4/c1-19-11(18)7-5-3-2-4-6-8-13-12(14-9-16)15-10-17/h9-10,12-13H,2-8H2,1H3,(H,14,16)(H,15,17). The van der Waals surface area contributed by atoms with Crippen LogP contribution in [0.15, 0.2) is 0 Å². The first kappa shape index (κ1) is 17.4. The Morgan fingerprint density at radius 3 is 2.21 bits per heavy atom. The summed E-state index contributed by atoms with van der Waals surface area (Å²) in [6, 6.07) is 0. The van der Waals surface area contributed by atoms with Crippen molar-refractivity contribution < 1.29 is 19.1 Å². The van der Waals surface area contributed by atoms with E-state index in [0.717, 1.165) is 32.1 Å². The molecule has 0 aromatic carbocycles. The van der Waals surface area contributed by atoms with Crippen LogP contribution >= 0.6 is 0 Å². The second-order valence-electron chi connectivity index (χ2n) is 4.05. The number of amides is 2. The molecule has 7 nitrogen and oxygen atoms in total. The molecule has 0 aromatic heterocycles. The molecule has 0 aliphatic rings. The summed E-state index contributed by atoms with van der Waals surface area (Å²) >= 11 is 0. The van der Waals surface area contributed by atoms with Crippen molar-refractivity contribution >= 4 is 18.8 Å². The van der Waals surface area contributed by atoms with Gasteiger partial charge < -0.3 is 15.4 Å². The largest absolute Gasteiger partial charge is 0.469 e. The SMILES string of the molecule is COC(=O)CCCCCCCNC(NC=O)NC=O. The molecule has 0 aromatic rings. The van der Waals surface area contributed by atoms with E-state index < -0.39 is 6.29 Å². The minimum absolute atomic E-state index is 0.163. The van der Waals surface area contributed by atoms with E-state index in [1.165, 1.54) is 7.11 Å². The van der Waals surface area contributed by atoms with E-state index in [0.29, 0.717) is 25.8 Å². The van der Waals surface area contributed by atoms with E-state index in [9.17, 15) is 14.4 Å². The summed E-state index contributed by atoms with van der Waals surface area (Å²) in [6.45, 7) is 0.698. The van der Waals surface area contributed by atoms with Crippen molar-refractivity contribution in [3.8, 4) is 0 Å². The van der Waals surface area contributed by atoms with Crippen LogP contribution in [0.25, 0.3) is 0 Å². The fourth-order valence-corrected chi connectivity index (χ4v) is 1.58. The first-order chi connectivity index (χ1) is 9.24. The number of carbonyl (C=O) groups excluding carboxylic acids is 3. The minimum Gasteiger partial charge on any atom is -0.469 e. The van der Waals surface area contributed by atoms with Crippen molar-refractivity contribution in [1.82, 2.24) is 16.0 Å². The number of nitrogens with one attached hydrogen (secondary N) is 3. The Hall–Kier alpha value is -1.63. The number of carbonyl (C=O) groups is 3. The number of esters is 1. The van der Waals surface area contributed by atoms with Gasteiger partial charge in [-0.3, -0.25) is 19.7 Å². The molecule has 19 heavy (non-hydrogen) atoms. The lowest BCUT2D eigenvalue weighted by atomic mass is 10.1. The Morgan fingerprint density at radius 1 is 1.05 bits per heavy atom. The van der Waals surface area contributed by atoms with Crippen LogP contribution in [0.1, 0.15) is 38.5 Å². The zero-order valence-corrected chi connectivity index (χ0v) is 11.3. The molecule has 0 saturated heterocycles. The van der Waals surface area contributed by atoms with Crippen molar-refractivity contribution in [3.63, 3.8) is 0 Å². The zero-order chi connectivity index (χ0) is 14.3. The molecular weight excluding hydrogens is 250 g/mol. The number of hydrogen-bond donors (Lipinski definition) is 3. The third kappa shape index (κ3) is 11.2. The highest BCUT2D eigenvalue weighted by Crippen LogP contribution is 2.05. The zero-order valence-electron chi connectivity index (χ0n) is 11.3. The van der Waals surface area contributed by atoms with E-state index in [1.807, 2.05) is 0 Å². The maximum atomic E-state index is 10.8. The normalized spacial score (nSPS) is 10.0. The van der Waals surface area contributed by atoms with Crippen LogP contribution in [0.3, 0.4) is 0 Å². The third-order valence-electron chi connectivity index (χ3n) is 2.60. The van der Waals surface area contributed by atoms with Crippen LogP contribution in [-0.2, 0) is 19.1 Å². The van der Waals surface area contributed by atoms with Crippen LogP contribution in [0.4, 0.5) is 0 Å². The summed E-state index contributed by atoms with van der Waals surface area (Å²) in [6.07, 6.45) is 5.88. The molecule has 0 aliphatic carbocycles. The Labute approximate surface area is 113 Å². The maximum Gasteiger partial charge on any atom is 0.305 e. The van der Waals surface area contributed by atoms with Crippen LogP contribution < -0.4 is 16.0 Å². The maximum absolute atomic E-state index is 10.8. The van der Waals surface area contributed by atoms with E-state index in [4.69, 9.17) is 0 Å². The van der Waals surface area contributed by atoms with Gasteiger partial charge >= 0.3 is 5.97 Å². The molecule has 0 atom stereocenters. The lowest BCUT2D eigenvalue weighted by Crippen LogP contribution is -2.52. The molecule has 2 amide bonds. The number of hydrogen-bond acceptors (Lipinski definition) is 5. The first-order valence-electron chi connectivity index (χ1n) is 6.44. The predicted octanol–water partition coefficient (Wildman–Crippen LogP) is -0.135. The molecule has 0 radical (unpaired) electrons. The molecular formula is C12H23N3O4. The fourth-order valence-electron chi connectivity index (χ4n) is 1.58. The molecule has 0 heterocycles. The summed E-state index contributed by atoms with van der Waals surface area (Å²) in [5.41, 5.74) is 0. The lowest BCUT2D eigenvalue weighted by Gasteiger charge is -2.16. The molecule has 3 N–H and O–H groups in total. The Bertz CT molecular complexity index is 251. The molecule has 0 fully saturated rings. The molecule has 110 valence electrons. The number of rotatable bonds is 13. The smallest absolute Gasteiger partial charge is 0.305 e. The van der Waals surface area contributed by atoms with Gasteiger partial charge in [-0.25, -0.2) is 0 Å². The van der Waals surface area contributed by atoms with Gasteiger partial charge in [-0.1, -0.05) is 19.3 Å². The van der Waals surface area contributed by atoms with Gasteiger partial charge in [0.1, 0.15) is 0 Å². The average molecular weight is 273 g/mol. The van der Waals surface area contributed by atoms with Gasteiger partial charge in [-0.15, -0.1) is 0 Å². The van der Waals surface area contributed by atoms with E-state index in [2.05, 4.69) is 20.7 Å². The van der Waals surface area contributed by atoms with Gasteiger partial charge in [0, 0.05) is 6.42 Å². The highest BCUT2D eigenvalue weighted by atomic mass is 16.5. The van der Waals surface area contributed by atoms with Gasteiger partial charge in [0.25, 0.3) is 0 Å². The van der Waals surface area contributed by atoms with Crippen molar-refractivity contribution in [2.75, 3.05) is 13.7 Å². The van der Waals surface area contributed by atoms with Gasteiger partial charge in [0.15, 0.2) is 6.29 Å². The third-order valence-corrected chi connectivity index (χ3v) is 2.60. The van der Waals surface area contributed by atoms with Gasteiger partial charge in [-0.05, 0) is 19.4 Å². The molecule has 7 heteroatoms. The second kappa shape index (κ2) is 12.8. The Balaban J connectivity index is 3.35. The van der Waals surface area contributed by atoms with Crippen LogP contribution in [0, 0.1) is 0 Å². The van der Waals surface area contributed by atoms with E-state index in [-0.39, 0.29) is 5.97 Å².